The van der Waals surface area contributed by atoms with Gasteiger partial charge in [-0.2, -0.15) is 4.98 Å². The summed E-state index contributed by atoms with van der Waals surface area (Å²) in [5.74, 6) is 1.25. The first-order valence-electron chi connectivity index (χ1n) is 6.50. The molecule has 12 heteroatoms. The number of nitrogen functional groups attached to an aromatic ring is 1. The van der Waals surface area contributed by atoms with Gasteiger partial charge in [0.15, 0.2) is 6.61 Å². The molecule has 0 amide bonds. The number of nitrogens with zero attached hydrogens (tertiary/aromatic N) is 4. The number of ether oxygens (including phenoxy) is 2. The van der Waals surface area contributed by atoms with Crippen molar-refractivity contribution in [3.8, 4) is 5.88 Å². The first-order chi connectivity index (χ1) is 11.6. The van der Waals surface area contributed by atoms with Gasteiger partial charge in [-0.15, -0.1) is 0 Å². The number of nitrogens with two attached hydrogens (primary N) is 1. The zero-order valence-corrected chi connectivity index (χ0v) is 19.1. The second kappa shape index (κ2) is 10.4. The molecule has 0 radical (unpaired) electrons. The molecule has 136 valence electrons. The van der Waals surface area contributed by atoms with Crippen molar-refractivity contribution in [3.05, 3.63) is 29.1 Å². The summed E-state index contributed by atoms with van der Waals surface area (Å²) in [5.41, 5.74) is 5.61. The molecular weight excluding hydrogens is 599 g/mol. The molecule has 0 aliphatic carbocycles. The summed E-state index contributed by atoms with van der Waals surface area (Å²) in [6.45, 7) is 3.24. The topological polar surface area (TPSA) is 113 Å². The van der Waals surface area contributed by atoms with E-state index in [9.17, 15) is 4.79 Å². The predicted octanol–water partition coefficient (Wildman–Crippen LogP) is 3.22. The van der Waals surface area contributed by atoms with Crippen LogP contribution in [0.4, 0.5) is 5.82 Å². The summed E-state index contributed by atoms with van der Waals surface area (Å²) in [5, 5.41) is 0.830. The maximum Gasteiger partial charge on any atom is 0.343 e. The van der Waals surface area contributed by atoms with E-state index in [1.807, 2.05) is 45.2 Å². The second-order valence-corrected chi connectivity index (χ2v) is 7.18. The first-order valence-corrected chi connectivity index (χ1v) is 9.41. The summed E-state index contributed by atoms with van der Waals surface area (Å²) in [6, 6.07) is 0. The van der Waals surface area contributed by atoms with Gasteiger partial charge in [0.2, 0.25) is 5.88 Å². The summed E-state index contributed by atoms with van der Waals surface area (Å²) in [6.07, 6.45) is 0. The van der Waals surface area contributed by atoms with E-state index >= 15 is 0 Å². The van der Waals surface area contributed by atoms with Crippen LogP contribution in [0.1, 0.15) is 11.6 Å². The fourth-order valence-corrected chi connectivity index (χ4v) is 2.44. The van der Waals surface area contributed by atoms with Gasteiger partial charge in [0.05, 0.1) is 10.7 Å². The minimum absolute atomic E-state index is 0.192. The fraction of sp³-hybridized carbons (Fsp3) is 0.308. The Bertz CT molecular complexity index is 757. The van der Waals surface area contributed by atoms with E-state index in [-0.39, 0.29) is 6.61 Å². The van der Waals surface area contributed by atoms with Gasteiger partial charge in [0.1, 0.15) is 31.3 Å². The average Bonchev–Trinajstić information content (AvgIpc) is 2.54. The Morgan fingerprint density at radius 1 is 1.04 bits per heavy atom. The van der Waals surface area contributed by atoms with Gasteiger partial charge in [0.25, 0.3) is 0 Å². The zero-order valence-electron chi connectivity index (χ0n) is 13.3. The Balaban J connectivity index is 0.000000271. The lowest BCUT2D eigenvalue weighted by atomic mass is 10.5. The molecule has 0 unspecified atom stereocenters. The van der Waals surface area contributed by atoms with Gasteiger partial charge in [-0.3, -0.25) is 0 Å². The van der Waals surface area contributed by atoms with E-state index in [1.165, 1.54) is 7.11 Å². The molecule has 2 aromatic rings. The van der Waals surface area contributed by atoms with Crippen molar-refractivity contribution in [3.63, 3.8) is 0 Å². The first kappa shape index (κ1) is 22.3. The van der Waals surface area contributed by atoms with Crippen LogP contribution in [0.15, 0.2) is 0 Å². The van der Waals surface area contributed by atoms with Gasteiger partial charge >= 0.3 is 5.97 Å². The SMILES string of the molecule is COC(=O)COc1nc(C)nc(N)c1I.Cc1nc(Cl)c(I)c(Cl)n1. The lowest BCUT2D eigenvalue weighted by Gasteiger charge is -2.07. The highest BCUT2D eigenvalue weighted by Gasteiger charge is 2.11. The molecule has 0 aliphatic rings. The highest BCUT2D eigenvalue weighted by molar-refractivity contribution is 14.1. The lowest BCUT2D eigenvalue weighted by Crippen LogP contribution is -2.15. The van der Waals surface area contributed by atoms with Crippen LogP contribution in [0.25, 0.3) is 0 Å². The quantitative estimate of drug-likeness (QED) is 0.320. The average molecular weight is 612 g/mol. The molecule has 25 heavy (non-hydrogen) atoms. The minimum atomic E-state index is -0.472. The highest BCUT2D eigenvalue weighted by atomic mass is 127. The molecule has 0 bridgehead atoms. The summed E-state index contributed by atoms with van der Waals surface area (Å²) >= 11 is 15.3. The van der Waals surface area contributed by atoms with Crippen molar-refractivity contribution >= 4 is 80.2 Å². The van der Waals surface area contributed by atoms with Crippen LogP contribution in [0.3, 0.4) is 0 Å². The van der Waals surface area contributed by atoms with Gasteiger partial charge in [-0.05, 0) is 59.0 Å². The number of esters is 1. The monoisotopic (exact) mass is 611 g/mol. The Morgan fingerprint density at radius 2 is 1.56 bits per heavy atom. The molecule has 2 N–H and O–H groups in total. The number of aryl methyl sites for hydroxylation is 2. The van der Waals surface area contributed by atoms with E-state index in [0.29, 0.717) is 40.8 Å². The van der Waals surface area contributed by atoms with Gasteiger partial charge < -0.3 is 15.2 Å². The minimum Gasteiger partial charge on any atom is -0.466 e. The largest absolute Gasteiger partial charge is 0.466 e. The van der Waals surface area contributed by atoms with E-state index in [4.69, 9.17) is 33.7 Å². The molecule has 0 saturated carbocycles. The maximum absolute atomic E-state index is 10.8. The number of carbonyl (C=O) groups is 1. The van der Waals surface area contributed by atoms with Crippen LogP contribution in [0, 0.1) is 21.0 Å². The lowest BCUT2D eigenvalue weighted by molar-refractivity contribution is -0.143. The third kappa shape index (κ3) is 7.19. The highest BCUT2D eigenvalue weighted by Crippen LogP contribution is 2.23. The van der Waals surface area contributed by atoms with E-state index in [1.54, 1.807) is 13.8 Å². The number of hydrogen-bond acceptors (Lipinski definition) is 8. The predicted molar refractivity (Wildman–Crippen MR) is 111 cm³/mol. The van der Waals surface area contributed by atoms with Gasteiger partial charge in [0, 0.05) is 0 Å². The van der Waals surface area contributed by atoms with Crippen LogP contribution < -0.4 is 10.5 Å². The Hall–Kier alpha value is -0.730. The van der Waals surface area contributed by atoms with E-state index in [2.05, 4.69) is 24.7 Å². The molecule has 0 aromatic carbocycles. The molecule has 2 rings (SSSR count). The zero-order chi connectivity index (χ0) is 19.1. The number of methoxy groups -OCH3 is 1. The van der Waals surface area contributed by atoms with Crippen LogP contribution in [-0.2, 0) is 9.53 Å². The smallest absolute Gasteiger partial charge is 0.343 e. The summed E-state index contributed by atoms with van der Waals surface area (Å²) in [4.78, 5) is 26.6. The van der Waals surface area contributed by atoms with Crippen molar-refractivity contribution in [1.29, 1.82) is 0 Å². The molecule has 8 nitrogen and oxygen atoms in total. The molecule has 2 aromatic heterocycles. The van der Waals surface area contributed by atoms with E-state index < -0.39 is 5.97 Å². The molecular formula is C13H13Cl2I2N5O3. The fourth-order valence-electron chi connectivity index (χ4n) is 1.33. The number of rotatable bonds is 3. The van der Waals surface area contributed by atoms with Gasteiger partial charge in [-0.25, -0.2) is 19.7 Å². The standard InChI is InChI=1S/C8H10IN3O3.C5H3Cl2IN2/c1-4-11-7(10)6(9)8(12-4)15-3-5(13)14-2;1-2-9-4(6)3(8)5(7)10-2/h3H2,1-2H3,(H2,10,11,12);1H3. The Morgan fingerprint density at radius 3 is 2.08 bits per heavy atom. The van der Waals surface area contributed by atoms with Gasteiger partial charge in [-0.1, -0.05) is 23.2 Å². The summed E-state index contributed by atoms with van der Waals surface area (Å²) in [7, 11) is 1.29. The molecule has 0 fully saturated rings. The molecule has 0 spiro atoms. The molecule has 0 saturated heterocycles. The molecule has 0 atom stereocenters. The normalized spacial score (nSPS) is 9.88. The third-order valence-electron chi connectivity index (χ3n) is 2.39. The third-order valence-corrected chi connectivity index (χ3v) is 5.62. The van der Waals surface area contributed by atoms with Crippen molar-refractivity contribution in [2.75, 3.05) is 19.5 Å². The molecule has 2 heterocycles. The van der Waals surface area contributed by atoms with Crippen molar-refractivity contribution in [2.45, 2.75) is 13.8 Å². The second-order valence-electron chi connectivity index (χ2n) is 4.31. The maximum atomic E-state index is 10.8. The summed E-state index contributed by atoms with van der Waals surface area (Å²) < 4.78 is 10.9. The number of anilines is 1. The van der Waals surface area contributed by atoms with Crippen molar-refractivity contribution in [2.24, 2.45) is 0 Å². The van der Waals surface area contributed by atoms with Crippen LogP contribution in [-0.4, -0.2) is 39.6 Å². The Kier molecular flexibility index (Phi) is 9.30. The van der Waals surface area contributed by atoms with Crippen molar-refractivity contribution in [1.82, 2.24) is 19.9 Å². The molecule has 0 aliphatic heterocycles. The number of halogens is 4. The number of carbonyl (C=O) groups excluding carboxylic acids is 1. The number of aromatic nitrogens is 4. The Labute approximate surface area is 181 Å². The van der Waals surface area contributed by atoms with Crippen molar-refractivity contribution < 1.29 is 14.3 Å². The van der Waals surface area contributed by atoms with Crippen LogP contribution >= 0.6 is 68.4 Å². The van der Waals surface area contributed by atoms with Crippen LogP contribution in [0.2, 0.25) is 10.3 Å². The van der Waals surface area contributed by atoms with Crippen LogP contribution in [0.5, 0.6) is 5.88 Å². The number of hydrogen-bond donors (Lipinski definition) is 1. The van der Waals surface area contributed by atoms with E-state index in [0.717, 1.165) is 0 Å².